The van der Waals surface area contributed by atoms with Gasteiger partial charge in [-0.3, -0.25) is 9.59 Å². The van der Waals surface area contributed by atoms with Gasteiger partial charge >= 0.3 is 5.97 Å². The number of rotatable bonds is 7. The van der Waals surface area contributed by atoms with Crippen LogP contribution in [0.25, 0.3) is 5.69 Å². The minimum atomic E-state index is -0.380. The van der Waals surface area contributed by atoms with E-state index in [4.69, 9.17) is 27.9 Å². The predicted molar refractivity (Wildman–Crippen MR) is 110 cm³/mol. The molecule has 6 nitrogen and oxygen atoms in total. The molecule has 1 aromatic heterocycles. The van der Waals surface area contributed by atoms with Crippen molar-refractivity contribution in [3.8, 4) is 5.69 Å². The molecule has 0 aliphatic heterocycles. The minimum absolute atomic E-state index is 0.0573. The molecule has 28 heavy (non-hydrogen) atoms. The smallest absolute Gasteiger partial charge is 0.310 e. The number of ether oxygens (including phenoxy) is 1. The van der Waals surface area contributed by atoms with Crippen LogP contribution >= 0.6 is 23.2 Å². The van der Waals surface area contributed by atoms with Gasteiger partial charge in [0.25, 0.3) is 0 Å². The number of aryl methyl sites for hydroxylation is 1. The van der Waals surface area contributed by atoms with Gasteiger partial charge in [0.05, 0.1) is 40.9 Å². The molecule has 1 heterocycles. The number of nitrogens with zero attached hydrogens (tertiary/aromatic N) is 3. The molecule has 152 valence electrons. The van der Waals surface area contributed by atoms with Gasteiger partial charge < -0.3 is 9.64 Å². The average molecular weight is 426 g/mol. The first-order valence-electron chi connectivity index (χ1n) is 9.05. The molecule has 0 aliphatic carbocycles. The van der Waals surface area contributed by atoms with Gasteiger partial charge in [0.1, 0.15) is 0 Å². The van der Waals surface area contributed by atoms with Crippen LogP contribution in [0.15, 0.2) is 18.2 Å². The number of carbonyl (C=O) groups excluding carboxylic acids is 2. The SMILES string of the molecule is CCN(CC(C)C(=O)OC)C(=O)Cc1c(C)nn(-c2ccc(Cl)c(Cl)c2)c1C. The highest BCUT2D eigenvalue weighted by molar-refractivity contribution is 6.42. The third-order valence-corrected chi connectivity index (χ3v) is 5.49. The first kappa shape index (κ1) is 22.2. The van der Waals surface area contributed by atoms with Crippen LogP contribution in [0.4, 0.5) is 0 Å². The zero-order valence-electron chi connectivity index (χ0n) is 16.8. The maximum Gasteiger partial charge on any atom is 0.310 e. The van der Waals surface area contributed by atoms with E-state index in [0.717, 1.165) is 22.6 Å². The maximum absolute atomic E-state index is 12.8. The molecule has 1 atom stereocenters. The van der Waals surface area contributed by atoms with Crippen LogP contribution in [0.1, 0.15) is 30.8 Å². The van der Waals surface area contributed by atoms with Crippen molar-refractivity contribution in [2.24, 2.45) is 5.92 Å². The summed E-state index contributed by atoms with van der Waals surface area (Å²) in [5.41, 5.74) is 3.27. The summed E-state index contributed by atoms with van der Waals surface area (Å²) in [6.07, 6.45) is 0.209. The summed E-state index contributed by atoms with van der Waals surface area (Å²) >= 11 is 12.1. The van der Waals surface area contributed by atoms with Gasteiger partial charge in [-0.05, 0) is 39.0 Å². The highest BCUT2D eigenvalue weighted by atomic mass is 35.5. The summed E-state index contributed by atoms with van der Waals surface area (Å²) in [7, 11) is 1.35. The summed E-state index contributed by atoms with van der Waals surface area (Å²) in [6, 6.07) is 5.29. The second kappa shape index (κ2) is 9.43. The monoisotopic (exact) mass is 425 g/mol. The minimum Gasteiger partial charge on any atom is -0.469 e. The summed E-state index contributed by atoms with van der Waals surface area (Å²) in [4.78, 5) is 26.2. The molecule has 0 aliphatic rings. The third-order valence-electron chi connectivity index (χ3n) is 4.75. The molecule has 1 aromatic carbocycles. The van der Waals surface area contributed by atoms with E-state index in [0.29, 0.717) is 23.1 Å². The molecule has 0 radical (unpaired) electrons. The van der Waals surface area contributed by atoms with E-state index in [-0.39, 0.29) is 24.2 Å². The van der Waals surface area contributed by atoms with Crippen molar-refractivity contribution in [1.82, 2.24) is 14.7 Å². The molecule has 8 heteroatoms. The molecule has 0 spiro atoms. The number of aromatic nitrogens is 2. The van der Waals surface area contributed by atoms with Crippen LogP contribution in [0.3, 0.4) is 0 Å². The molecule has 2 aromatic rings. The van der Waals surface area contributed by atoms with Crippen LogP contribution in [0, 0.1) is 19.8 Å². The Labute approximate surface area is 175 Å². The molecule has 1 amide bonds. The zero-order chi connectivity index (χ0) is 21.0. The van der Waals surface area contributed by atoms with Gasteiger partial charge in [-0.25, -0.2) is 4.68 Å². The van der Waals surface area contributed by atoms with Crippen molar-refractivity contribution in [2.45, 2.75) is 34.1 Å². The van der Waals surface area contributed by atoms with Gasteiger partial charge in [-0.15, -0.1) is 0 Å². The Bertz CT molecular complexity index is 880. The lowest BCUT2D eigenvalue weighted by Crippen LogP contribution is -2.38. The van der Waals surface area contributed by atoms with Gasteiger partial charge in [0.15, 0.2) is 0 Å². The fourth-order valence-corrected chi connectivity index (χ4v) is 3.37. The quantitative estimate of drug-likeness (QED) is 0.628. The Morgan fingerprint density at radius 2 is 1.93 bits per heavy atom. The Morgan fingerprint density at radius 1 is 1.25 bits per heavy atom. The predicted octanol–water partition coefficient (Wildman–Crippen LogP) is 4.00. The van der Waals surface area contributed by atoms with E-state index in [1.807, 2.05) is 26.8 Å². The van der Waals surface area contributed by atoms with E-state index >= 15 is 0 Å². The van der Waals surface area contributed by atoms with E-state index in [1.165, 1.54) is 7.11 Å². The number of methoxy groups -OCH3 is 1. The van der Waals surface area contributed by atoms with Crippen molar-refractivity contribution in [1.29, 1.82) is 0 Å². The van der Waals surface area contributed by atoms with Gasteiger partial charge in [-0.2, -0.15) is 5.10 Å². The average Bonchev–Trinajstić information content (AvgIpc) is 2.95. The van der Waals surface area contributed by atoms with Crippen molar-refractivity contribution < 1.29 is 14.3 Å². The standard InChI is InChI=1S/C20H25Cl2N3O3/c1-6-24(11-12(2)20(27)28-5)19(26)10-16-13(3)23-25(14(16)4)15-7-8-17(21)18(22)9-15/h7-9,12H,6,10-11H2,1-5H3. The topological polar surface area (TPSA) is 64.4 Å². The number of halogens is 2. The number of hydrogen-bond acceptors (Lipinski definition) is 4. The fourth-order valence-electron chi connectivity index (χ4n) is 3.08. The van der Waals surface area contributed by atoms with Crippen molar-refractivity contribution >= 4 is 35.1 Å². The summed E-state index contributed by atoms with van der Waals surface area (Å²) in [5, 5.41) is 5.48. The van der Waals surface area contributed by atoms with Crippen molar-refractivity contribution in [2.75, 3.05) is 20.2 Å². The Kier molecular flexibility index (Phi) is 7.49. The first-order chi connectivity index (χ1) is 13.2. The van der Waals surface area contributed by atoms with Gasteiger partial charge in [0.2, 0.25) is 5.91 Å². The first-order valence-corrected chi connectivity index (χ1v) is 9.81. The summed E-state index contributed by atoms with van der Waals surface area (Å²) < 4.78 is 6.51. The van der Waals surface area contributed by atoms with Crippen molar-refractivity contribution in [3.05, 3.63) is 45.2 Å². The van der Waals surface area contributed by atoms with Crippen molar-refractivity contribution in [3.63, 3.8) is 0 Å². The van der Waals surface area contributed by atoms with E-state index < -0.39 is 0 Å². The summed E-state index contributed by atoms with van der Waals surface area (Å²) in [5.74, 6) is -0.765. The number of carbonyl (C=O) groups is 2. The van der Waals surface area contributed by atoms with Crippen LogP contribution in [0.5, 0.6) is 0 Å². The number of likely N-dealkylation sites (N-methyl/N-ethyl adjacent to an activating group) is 1. The van der Waals surface area contributed by atoms with Crippen LogP contribution in [-0.2, 0) is 20.7 Å². The molecule has 0 fully saturated rings. The zero-order valence-corrected chi connectivity index (χ0v) is 18.3. The number of hydrogen-bond donors (Lipinski definition) is 0. The molecule has 1 unspecified atom stereocenters. The molecular weight excluding hydrogens is 401 g/mol. The molecule has 2 rings (SSSR count). The highest BCUT2D eigenvalue weighted by Gasteiger charge is 2.23. The van der Waals surface area contributed by atoms with E-state index in [9.17, 15) is 9.59 Å². The van der Waals surface area contributed by atoms with Crippen LogP contribution in [-0.4, -0.2) is 46.8 Å². The second-order valence-corrected chi connectivity index (χ2v) is 7.51. The van der Waals surface area contributed by atoms with Gasteiger partial charge in [0, 0.05) is 24.3 Å². The lowest BCUT2D eigenvalue weighted by Gasteiger charge is -2.23. The highest BCUT2D eigenvalue weighted by Crippen LogP contribution is 2.26. The molecule has 0 bridgehead atoms. The lowest BCUT2D eigenvalue weighted by molar-refractivity contribution is -0.146. The van der Waals surface area contributed by atoms with Crippen LogP contribution < -0.4 is 0 Å². The number of benzene rings is 1. The molecular formula is C20H25Cl2N3O3. The van der Waals surface area contributed by atoms with E-state index in [1.54, 1.807) is 28.6 Å². The fraction of sp³-hybridized carbons (Fsp3) is 0.450. The molecule has 0 N–H and O–H groups in total. The third kappa shape index (κ3) is 4.86. The van der Waals surface area contributed by atoms with Crippen LogP contribution in [0.2, 0.25) is 10.0 Å². The molecule has 0 saturated carbocycles. The largest absolute Gasteiger partial charge is 0.469 e. The Balaban J connectivity index is 2.23. The van der Waals surface area contributed by atoms with E-state index in [2.05, 4.69) is 5.10 Å². The lowest BCUT2D eigenvalue weighted by atomic mass is 10.1. The van der Waals surface area contributed by atoms with Gasteiger partial charge in [-0.1, -0.05) is 30.1 Å². The normalized spacial score (nSPS) is 12.0. The Hall–Kier alpha value is -2.05. The molecule has 0 saturated heterocycles. The maximum atomic E-state index is 12.8. The second-order valence-electron chi connectivity index (χ2n) is 6.69. The number of amides is 1. The Morgan fingerprint density at radius 3 is 2.50 bits per heavy atom. The summed E-state index contributed by atoms with van der Waals surface area (Å²) in [6.45, 7) is 8.26. The number of esters is 1.